The third-order valence-electron chi connectivity index (χ3n) is 2.06. The zero-order valence-corrected chi connectivity index (χ0v) is 8.57. The summed E-state index contributed by atoms with van der Waals surface area (Å²) >= 11 is 5.80. The molecule has 1 aromatic rings. The van der Waals surface area contributed by atoms with Crippen LogP contribution in [0.3, 0.4) is 0 Å². The summed E-state index contributed by atoms with van der Waals surface area (Å²) in [5, 5.41) is 19.3. The summed E-state index contributed by atoms with van der Waals surface area (Å²) in [6, 6.07) is 1.72. The fraction of sp³-hybridized carbons (Fsp3) is 0.444. The van der Waals surface area contributed by atoms with Crippen molar-refractivity contribution in [1.29, 1.82) is 0 Å². The fourth-order valence-corrected chi connectivity index (χ4v) is 1.53. The SMILES string of the molecule is Cc1ccnc(Cl)c1C(O)C(O)CN. The molecule has 0 aliphatic carbocycles. The van der Waals surface area contributed by atoms with Crippen LogP contribution in [-0.4, -0.2) is 27.8 Å². The van der Waals surface area contributed by atoms with Crippen molar-refractivity contribution < 1.29 is 10.2 Å². The summed E-state index contributed by atoms with van der Waals surface area (Å²) in [7, 11) is 0. The molecule has 0 saturated heterocycles. The lowest BCUT2D eigenvalue weighted by atomic mass is 10.0. The Kier molecular flexibility index (Phi) is 3.83. The highest BCUT2D eigenvalue weighted by Gasteiger charge is 2.21. The van der Waals surface area contributed by atoms with Crippen LogP contribution < -0.4 is 5.73 Å². The second kappa shape index (κ2) is 4.70. The molecule has 1 aromatic heterocycles. The van der Waals surface area contributed by atoms with Crippen molar-refractivity contribution >= 4 is 11.6 Å². The van der Waals surface area contributed by atoms with Crippen LogP contribution in [0.1, 0.15) is 17.2 Å². The molecule has 0 radical (unpaired) electrons. The molecule has 4 nitrogen and oxygen atoms in total. The molecule has 78 valence electrons. The molecule has 0 aliphatic rings. The minimum atomic E-state index is -1.08. The molecular weight excluding hydrogens is 204 g/mol. The van der Waals surface area contributed by atoms with Crippen molar-refractivity contribution in [1.82, 2.24) is 4.98 Å². The van der Waals surface area contributed by atoms with Gasteiger partial charge >= 0.3 is 0 Å². The van der Waals surface area contributed by atoms with Crippen LogP contribution in [0, 0.1) is 6.92 Å². The molecule has 0 aromatic carbocycles. The summed E-state index contributed by atoms with van der Waals surface area (Å²) in [6.45, 7) is 1.77. The van der Waals surface area contributed by atoms with Crippen LogP contribution >= 0.6 is 11.6 Å². The maximum Gasteiger partial charge on any atom is 0.135 e. The predicted molar refractivity (Wildman–Crippen MR) is 54.0 cm³/mol. The molecule has 4 N–H and O–H groups in total. The molecule has 0 bridgehead atoms. The summed E-state index contributed by atoms with van der Waals surface area (Å²) < 4.78 is 0. The molecule has 0 saturated carbocycles. The Hall–Kier alpha value is -0.680. The number of aliphatic hydroxyl groups is 2. The zero-order valence-electron chi connectivity index (χ0n) is 7.81. The number of nitrogens with two attached hydrogens (primary N) is 1. The second-order valence-corrected chi connectivity index (χ2v) is 3.44. The van der Waals surface area contributed by atoms with E-state index in [1.165, 1.54) is 0 Å². The summed E-state index contributed by atoms with van der Waals surface area (Å²) in [4.78, 5) is 3.83. The van der Waals surface area contributed by atoms with Gasteiger partial charge in [0, 0.05) is 18.3 Å². The van der Waals surface area contributed by atoms with Gasteiger partial charge in [0.25, 0.3) is 0 Å². The van der Waals surface area contributed by atoms with Crippen molar-refractivity contribution in [3.8, 4) is 0 Å². The Balaban J connectivity index is 3.05. The van der Waals surface area contributed by atoms with Gasteiger partial charge in [-0.3, -0.25) is 0 Å². The lowest BCUT2D eigenvalue weighted by molar-refractivity contribution is 0.0238. The first-order chi connectivity index (χ1) is 6.57. The average Bonchev–Trinajstić information content (AvgIpc) is 2.16. The molecular formula is C9H13ClN2O2. The minimum Gasteiger partial charge on any atom is -0.389 e. The van der Waals surface area contributed by atoms with E-state index in [9.17, 15) is 10.2 Å². The van der Waals surface area contributed by atoms with Gasteiger partial charge in [0.1, 0.15) is 11.3 Å². The summed E-state index contributed by atoms with van der Waals surface area (Å²) in [5.74, 6) is 0. The van der Waals surface area contributed by atoms with Gasteiger partial charge in [0.15, 0.2) is 0 Å². The minimum absolute atomic E-state index is 0.0220. The summed E-state index contributed by atoms with van der Waals surface area (Å²) in [5.41, 5.74) is 6.46. The Morgan fingerprint density at radius 2 is 2.21 bits per heavy atom. The number of aromatic nitrogens is 1. The van der Waals surface area contributed by atoms with Gasteiger partial charge in [0.2, 0.25) is 0 Å². The van der Waals surface area contributed by atoms with Crippen LogP contribution in [0.5, 0.6) is 0 Å². The van der Waals surface area contributed by atoms with Crippen LogP contribution in [0.2, 0.25) is 5.15 Å². The van der Waals surface area contributed by atoms with E-state index < -0.39 is 12.2 Å². The first-order valence-corrected chi connectivity index (χ1v) is 4.63. The van der Waals surface area contributed by atoms with Crippen LogP contribution in [-0.2, 0) is 0 Å². The fourth-order valence-electron chi connectivity index (χ4n) is 1.21. The van der Waals surface area contributed by atoms with E-state index in [4.69, 9.17) is 17.3 Å². The van der Waals surface area contributed by atoms with Crippen LogP contribution in [0.15, 0.2) is 12.3 Å². The van der Waals surface area contributed by atoms with E-state index >= 15 is 0 Å². The maximum absolute atomic E-state index is 9.70. The van der Waals surface area contributed by atoms with E-state index in [-0.39, 0.29) is 11.7 Å². The van der Waals surface area contributed by atoms with Crippen molar-refractivity contribution in [2.24, 2.45) is 5.73 Å². The van der Waals surface area contributed by atoms with E-state index in [1.54, 1.807) is 19.2 Å². The normalized spacial score (nSPS) is 15.2. The first kappa shape index (κ1) is 11.4. The third kappa shape index (κ3) is 2.22. The molecule has 5 heteroatoms. The van der Waals surface area contributed by atoms with E-state index in [0.717, 1.165) is 5.56 Å². The van der Waals surface area contributed by atoms with Gasteiger partial charge < -0.3 is 15.9 Å². The average molecular weight is 217 g/mol. The molecule has 2 unspecified atom stereocenters. The lowest BCUT2D eigenvalue weighted by Gasteiger charge is -2.18. The van der Waals surface area contributed by atoms with Gasteiger partial charge in [-0.05, 0) is 18.6 Å². The zero-order chi connectivity index (χ0) is 10.7. The number of pyridine rings is 1. The molecule has 1 rings (SSSR count). The highest BCUT2D eigenvalue weighted by Crippen LogP contribution is 2.26. The van der Waals surface area contributed by atoms with E-state index in [0.29, 0.717) is 5.56 Å². The lowest BCUT2D eigenvalue weighted by Crippen LogP contribution is -2.28. The Morgan fingerprint density at radius 1 is 1.57 bits per heavy atom. The van der Waals surface area contributed by atoms with Gasteiger partial charge in [0.05, 0.1) is 6.10 Å². The second-order valence-electron chi connectivity index (χ2n) is 3.08. The third-order valence-corrected chi connectivity index (χ3v) is 2.36. The van der Waals surface area contributed by atoms with Gasteiger partial charge in [-0.2, -0.15) is 0 Å². The van der Waals surface area contributed by atoms with Crippen molar-refractivity contribution in [2.75, 3.05) is 6.54 Å². The number of hydrogen-bond donors (Lipinski definition) is 3. The van der Waals surface area contributed by atoms with Gasteiger partial charge in [-0.1, -0.05) is 11.6 Å². The largest absolute Gasteiger partial charge is 0.389 e. The van der Waals surface area contributed by atoms with Crippen LogP contribution in [0.25, 0.3) is 0 Å². The highest BCUT2D eigenvalue weighted by molar-refractivity contribution is 6.30. The molecule has 0 fully saturated rings. The monoisotopic (exact) mass is 216 g/mol. The standard InChI is InChI=1S/C9H13ClN2O2/c1-5-2-3-12-9(10)7(5)8(14)6(13)4-11/h2-3,6,8,13-14H,4,11H2,1H3. The van der Waals surface area contributed by atoms with Gasteiger partial charge in [-0.25, -0.2) is 4.98 Å². The Morgan fingerprint density at radius 3 is 2.71 bits per heavy atom. The van der Waals surface area contributed by atoms with Crippen molar-refractivity contribution in [3.63, 3.8) is 0 Å². The van der Waals surface area contributed by atoms with Crippen molar-refractivity contribution in [3.05, 3.63) is 28.5 Å². The maximum atomic E-state index is 9.70. The molecule has 1 heterocycles. The number of aliphatic hydroxyl groups excluding tert-OH is 2. The molecule has 2 atom stereocenters. The molecule has 0 aliphatic heterocycles. The smallest absolute Gasteiger partial charge is 0.135 e. The molecule has 14 heavy (non-hydrogen) atoms. The predicted octanol–water partition coefficient (Wildman–Crippen LogP) is 0.396. The van der Waals surface area contributed by atoms with Crippen LogP contribution in [0.4, 0.5) is 0 Å². The van der Waals surface area contributed by atoms with E-state index in [2.05, 4.69) is 4.98 Å². The molecule has 0 amide bonds. The number of halogens is 1. The number of nitrogens with zero attached hydrogens (tertiary/aromatic N) is 1. The Labute approximate surface area is 87.3 Å². The number of aryl methyl sites for hydroxylation is 1. The number of rotatable bonds is 3. The Bertz CT molecular complexity index is 299. The quantitative estimate of drug-likeness (QED) is 0.639. The topological polar surface area (TPSA) is 79.4 Å². The van der Waals surface area contributed by atoms with Crippen molar-refractivity contribution in [2.45, 2.75) is 19.1 Å². The van der Waals surface area contributed by atoms with Gasteiger partial charge in [-0.15, -0.1) is 0 Å². The number of hydrogen-bond acceptors (Lipinski definition) is 4. The van der Waals surface area contributed by atoms with E-state index in [1.807, 2.05) is 0 Å². The molecule has 0 spiro atoms. The summed E-state index contributed by atoms with van der Waals surface area (Å²) in [6.07, 6.45) is -0.556. The highest BCUT2D eigenvalue weighted by atomic mass is 35.5. The first-order valence-electron chi connectivity index (χ1n) is 4.25.